The Balaban J connectivity index is 1.50. The normalized spacial score (nSPS) is 11.8. The molecule has 3 aromatic rings. The Morgan fingerprint density at radius 2 is 1.97 bits per heavy atom. The van der Waals surface area contributed by atoms with E-state index in [1.807, 2.05) is 12.1 Å². The fraction of sp³-hybridized carbons (Fsp3) is 0.409. The van der Waals surface area contributed by atoms with Crippen molar-refractivity contribution in [2.75, 3.05) is 20.6 Å². The number of furan rings is 1. The first-order chi connectivity index (χ1) is 14.7. The predicted octanol–water partition coefficient (Wildman–Crippen LogP) is 2.43. The Labute approximate surface area is 178 Å². The van der Waals surface area contributed by atoms with Crippen molar-refractivity contribution in [3.63, 3.8) is 0 Å². The van der Waals surface area contributed by atoms with Gasteiger partial charge in [0.25, 0.3) is 0 Å². The van der Waals surface area contributed by atoms with Crippen LogP contribution in [-0.2, 0) is 32.6 Å². The van der Waals surface area contributed by atoms with E-state index in [0.29, 0.717) is 6.54 Å². The average Bonchev–Trinajstić information content (AvgIpc) is 3.43. The van der Waals surface area contributed by atoms with Crippen molar-refractivity contribution in [2.45, 2.75) is 39.5 Å². The second-order valence-corrected chi connectivity index (χ2v) is 7.17. The SMILES string of the molecule is CCc1nncn1CCNC(=NC)NCc1ccccc1CN(C)Cc1ccco1. The van der Waals surface area contributed by atoms with Crippen LogP contribution in [0.5, 0.6) is 0 Å². The Hall–Kier alpha value is -3.13. The van der Waals surface area contributed by atoms with Gasteiger partial charge < -0.3 is 19.6 Å². The number of aromatic nitrogens is 3. The highest BCUT2D eigenvalue weighted by atomic mass is 16.3. The van der Waals surface area contributed by atoms with E-state index >= 15 is 0 Å². The average molecular weight is 410 g/mol. The van der Waals surface area contributed by atoms with Gasteiger partial charge in [-0.2, -0.15) is 0 Å². The molecule has 2 N–H and O–H groups in total. The highest BCUT2D eigenvalue weighted by molar-refractivity contribution is 5.79. The molecule has 2 heterocycles. The number of rotatable bonds is 10. The van der Waals surface area contributed by atoms with Crippen LogP contribution in [0.2, 0.25) is 0 Å². The summed E-state index contributed by atoms with van der Waals surface area (Å²) < 4.78 is 7.52. The van der Waals surface area contributed by atoms with E-state index in [1.54, 1.807) is 19.6 Å². The zero-order chi connectivity index (χ0) is 21.2. The van der Waals surface area contributed by atoms with Gasteiger partial charge in [0, 0.05) is 39.6 Å². The van der Waals surface area contributed by atoms with Gasteiger partial charge in [0.2, 0.25) is 0 Å². The maximum atomic E-state index is 5.46. The summed E-state index contributed by atoms with van der Waals surface area (Å²) >= 11 is 0. The molecule has 0 unspecified atom stereocenters. The van der Waals surface area contributed by atoms with E-state index in [1.165, 1.54) is 11.1 Å². The van der Waals surface area contributed by atoms with Crippen LogP contribution in [0.4, 0.5) is 0 Å². The molecule has 2 aromatic heterocycles. The quantitative estimate of drug-likeness (QED) is 0.395. The van der Waals surface area contributed by atoms with Gasteiger partial charge in [-0.25, -0.2) is 0 Å². The summed E-state index contributed by atoms with van der Waals surface area (Å²) in [6.45, 7) is 5.96. The van der Waals surface area contributed by atoms with Crippen molar-refractivity contribution in [2.24, 2.45) is 4.99 Å². The van der Waals surface area contributed by atoms with Gasteiger partial charge in [-0.1, -0.05) is 31.2 Å². The molecular formula is C22H31N7O. The lowest BCUT2D eigenvalue weighted by Crippen LogP contribution is -2.38. The van der Waals surface area contributed by atoms with Crippen LogP contribution in [0.25, 0.3) is 0 Å². The number of aliphatic imine (C=N–C) groups is 1. The Morgan fingerprint density at radius 3 is 2.70 bits per heavy atom. The molecule has 0 aliphatic heterocycles. The van der Waals surface area contributed by atoms with Crippen LogP contribution in [0.3, 0.4) is 0 Å². The first-order valence-electron chi connectivity index (χ1n) is 10.3. The van der Waals surface area contributed by atoms with E-state index < -0.39 is 0 Å². The third-order valence-corrected chi connectivity index (χ3v) is 4.89. The molecule has 30 heavy (non-hydrogen) atoms. The van der Waals surface area contributed by atoms with Gasteiger partial charge in [0.1, 0.15) is 17.9 Å². The molecule has 8 heteroatoms. The van der Waals surface area contributed by atoms with Gasteiger partial charge >= 0.3 is 0 Å². The van der Waals surface area contributed by atoms with Crippen molar-refractivity contribution >= 4 is 5.96 Å². The highest BCUT2D eigenvalue weighted by Gasteiger charge is 2.08. The molecule has 3 rings (SSSR count). The van der Waals surface area contributed by atoms with Crippen molar-refractivity contribution in [3.05, 3.63) is 71.7 Å². The number of nitrogens with one attached hydrogen (secondary N) is 2. The number of guanidine groups is 1. The fourth-order valence-corrected chi connectivity index (χ4v) is 3.33. The first kappa shape index (κ1) is 21.6. The summed E-state index contributed by atoms with van der Waals surface area (Å²) in [6.07, 6.45) is 4.36. The van der Waals surface area contributed by atoms with Crippen molar-refractivity contribution in [1.82, 2.24) is 30.3 Å². The third-order valence-electron chi connectivity index (χ3n) is 4.89. The largest absolute Gasteiger partial charge is 0.468 e. The van der Waals surface area contributed by atoms with Crippen LogP contribution in [-0.4, -0.2) is 46.3 Å². The molecule has 8 nitrogen and oxygen atoms in total. The summed E-state index contributed by atoms with van der Waals surface area (Å²) in [5.74, 6) is 2.74. The predicted molar refractivity (Wildman–Crippen MR) is 118 cm³/mol. The fourth-order valence-electron chi connectivity index (χ4n) is 3.33. The van der Waals surface area contributed by atoms with Gasteiger partial charge in [-0.15, -0.1) is 10.2 Å². The summed E-state index contributed by atoms with van der Waals surface area (Å²) in [6, 6.07) is 12.4. The second kappa shape index (κ2) is 11.2. The lowest BCUT2D eigenvalue weighted by Gasteiger charge is -2.19. The molecule has 0 atom stereocenters. The van der Waals surface area contributed by atoms with Crippen LogP contribution >= 0.6 is 0 Å². The van der Waals surface area contributed by atoms with Crippen LogP contribution in [0.15, 0.2) is 58.4 Å². The molecule has 0 amide bonds. The lowest BCUT2D eigenvalue weighted by molar-refractivity contribution is 0.287. The minimum atomic E-state index is 0.706. The maximum Gasteiger partial charge on any atom is 0.191 e. The molecule has 0 aliphatic rings. The van der Waals surface area contributed by atoms with Crippen LogP contribution < -0.4 is 10.6 Å². The monoisotopic (exact) mass is 409 g/mol. The number of nitrogens with zero attached hydrogens (tertiary/aromatic N) is 5. The van der Waals surface area contributed by atoms with Gasteiger partial charge in [-0.3, -0.25) is 9.89 Å². The van der Waals surface area contributed by atoms with E-state index in [2.05, 4.69) is 73.5 Å². The summed E-state index contributed by atoms with van der Waals surface area (Å²) in [5, 5.41) is 14.9. The molecule has 0 spiro atoms. The minimum Gasteiger partial charge on any atom is -0.468 e. The van der Waals surface area contributed by atoms with Gasteiger partial charge in [0.05, 0.1) is 12.8 Å². The lowest BCUT2D eigenvalue weighted by atomic mass is 10.1. The Morgan fingerprint density at radius 1 is 1.13 bits per heavy atom. The molecule has 0 bridgehead atoms. The molecule has 0 radical (unpaired) electrons. The molecule has 0 saturated carbocycles. The zero-order valence-corrected chi connectivity index (χ0v) is 18.0. The minimum absolute atomic E-state index is 0.706. The van der Waals surface area contributed by atoms with E-state index in [0.717, 1.165) is 50.1 Å². The molecule has 0 saturated heterocycles. The first-order valence-corrected chi connectivity index (χ1v) is 10.3. The van der Waals surface area contributed by atoms with Crippen molar-refractivity contribution in [3.8, 4) is 0 Å². The van der Waals surface area contributed by atoms with E-state index in [9.17, 15) is 0 Å². The smallest absolute Gasteiger partial charge is 0.191 e. The standard InChI is InChI=1S/C22H31N7O/c1-4-21-27-26-17-29(21)12-11-24-22(23-2)25-14-18-8-5-6-9-19(18)15-28(3)16-20-10-7-13-30-20/h5-10,13,17H,4,11-12,14-16H2,1-3H3,(H2,23,24,25). The number of hydrogen-bond acceptors (Lipinski definition) is 5. The Bertz CT molecular complexity index is 917. The van der Waals surface area contributed by atoms with Crippen molar-refractivity contribution < 1.29 is 4.42 Å². The number of benzene rings is 1. The Kier molecular flexibility index (Phi) is 8.02. The highest BCUT2D eigenvalue weighted by Crippen LogP contribution is 2.13. The second-order valence-electron chi connectivity index (χ2n) is 7.17. The molecule has 160 valence electrons. The zero-order valence-electron chi connectivity index (χ0n) is 18.0. The maximum absolute atomic E-state index is 5.46. The molecule has 0 aliphatic carbocycles. The van der Waals surface area contributed by atoms with Gasteiger partial charge in [-0.05, 0) is 30.3 Å². The van der Waals surface area contributed by atoms with Crippen LogP contribution in [0.1, 0.15) is 29.6 Å². The number of hydrogen-bond donors (Lipinski definition) is 2. The molecular weight excluding hydrogens is 378 g/mol. The topological polar surface area (TPSA) is 83.5 Å². The van der Waals surface area contributed by atoms with E-state index in [4.69, 9.17) is 4.42 Å². The third kappa shape index (κ3) is 6.18. The molecule has 0 fully saturated rings. The number of aryl methyl sites for hydroxylation is 1. The summed E-state index contributed by atoms with van der Waals surface area (Å²) in [7, 11) is 3.89. The van der Waals surface area contributed by atoms with Crippen molar-refractivity contribution in [1.29, 1.82) is 0 Å². The van der Waals surface area contributed by atoms with Gasteiger partial charge in [0.15, 0.2) is 5.96 Å². The van der Waals surface area contributed by atoms with Crippen LogP contribution in [0, 0.1) is 0 Å². The summed E-state index contributed by atoms with van der Waals surface area (Å²) in [4.78, 5) is 6.58. The summed E-state index contributed by atoms with van der Waals surface area (Å²) in [5.41, 5.74) is 2.53. The molecule has 1 aromatic carbocycles. The van der Waals surface area contributed by atoms with E-state index in [-0.39, 0.29) is 0 Å².